The number of H-pyrrole nitrogens is 2. The van der Waals surface area contributed by atoms with Crippen LogP contribution in [0, 0.1) is 46.3 Å². The van der Waals surface area contributed by atoms with Crippen LogP contribution in [0.25, 0.3) is 122 Å². The second-order valence-electron chi connectivity index (χ2n) is 25.7. The quantitative estimate of drug-likeness (QED) is 0.0840. The zero-order valence-electron chi connectivity index (χ0n) is 56.7. The van der Waals surface area contributed by atoms with Crippen LogP contribution in [0.5, 0.6) is 0 Å². The molecule has 2 aliphatic rings. The van der Waals surface area contributed by atoms with Gasteiger partial charge in [0.25, 0.3) is 0 Å². The van der Waals surface area contributed by atoms with E-state index in [0.717, 1.165) is 122 Å². The van der Waals surface area contributed by atoms with E-state index in [9.17, 15) is 13.3 Å². The van der Waals surface area contributed by atoms with Crippen LogP contribution in [0.15, 0.2) is 237 Å². The van der Waals surface area contributed by atoms with E-state index < -0.39 is 7.82 Å². The fourth-order valence-corrected chi connectivity index (χ4v) is 13.6. The number of phosphoric acid groups is 1. The Morgan fingerprint density at radius 1 is 0.490 bits per heavy atom. The van der Waals surface area contributed by atoms with Gasteiger partial charge in [0.1, 0.15) is 11.6 Å². The smallest absolute Gasteiger partial charge is 0.303 e. The number of aliphatic imine (C=N–C) groups is 1. The molecule has 16 nitrogen and oxygen atoms in total. The van der Waals surface area contributed by atoms with E-state index in [2.05, 4.69) is 173 Å². The third kappa shape index (κ3) is 15.1. The van der Waals surface area contributed by atoms with E-state index in [4.69, 9.17) is 14.8 Å². The highest BCUT2D eigenvalue weighted by atomic mass is 31.2. The molecule has 0 atom stereocenters. The van der Waals surface area contributed by atoms with Crippen molar-refractivity contribution in [1.29, 1.82) is 0 Å². The van der Waals surface area contributed by atoms with E-state index in [0.29, 0.717) is 29.1 Å². The van der Waals surface area contributed by atoms with Crippen LogP contribution in [0.2, 0.25) is 0 Å². The van der Waals surface area contributed by atoms with Crippen molar-refractivity contribution in [3.8, 4) is 89.5 Å². The van der Waals surface area contributed by atoms with E-state index in [1.807, 2.05) is 91.8 Å². The van der Waals surface area contributed by atoms with Gasteiger partial charge in [-0.25, -0.2) is 18.0 Å². The first kappa shape index (κ1) is 67.5. The zero-order valence-corrected chi connectivity index (χ0v) is 57.6. The Balaban J connectivity index is 0.000000116. The van der Waals surface area contributed by atoms with E-state index in [-0.39, 0.29) is 18.4 Å². The molecule has 1 saturated carbocycles. The number of pyridine rings is 5. The Morgan fingerprint density at radius 2 is 1.01 bits per heavy atom. The first-order valence-corrected chi connectivity index (χ1v) is 35.1. The van der Waals surface area contributed by atoms with Crippen molar-refractivity contribution in [2.24, 2.45) is 4.99 Å². The molecular weight excluding hydrogens is 1300 g/mol. The molecule has 4 N–H and O–H groups in total. The number of fused-ring (bicyclic) bond motifs is 4. The average Bonchev–Trinajstić information content (AvgIpc) is 1.32. The normalized spacial score (nSPS) is 12.6. The van der Waals surface area contributed by atoms with Gasteiger partial charge in [0, 0.05) is 115 Å². The zero-order chi connectivity index (χ0) is 70.4. The molecule has 102 heavy (non-hydrogen) atoms. The lowest BCUT2D eigenvalue weighted by molar-refractivity contribution is 0.146. The molecule has 0 spiro atoms. The van der Waals surface area contributed by atoms with Gasteiger partial charge in [-0.15, -0.1) is 0 Å². The number of aromatic amines is 2. The molecule has 1 aliphatic carbocycles. The summed E-state index contributed by atoms with van der Waals surface area (Å²) in [5, 5.41) is 21.4. The van der Waals surface area contributed by atoms with Crippen LogP contribution in [-0.2, 0) is 22.4 Å². The summed E-state index contributed by atoms with van der Waals surface area (Å²) in [6.45, 7) is 10.1. The number of nitrogens with zero attached hydrogens (tertiary/aromatic N) is 10. The number of nitrogens with one attached hydrogen (secondary N) is 2. The molecule has 1 fully saturated rings. The summed E-state index contributed by atoms with van der Waals surface area (Å²) in [5.41, 5.74) is 27.3. The summed E-state index contributed by atoms with van der Waals surface area (Å²) in [6, 6.07) is 59.8. The third-order valence-electron chi connectivity index (χ3n) is 18.5. The molecular formula is C83H71F2N12O4P. The highest BCUT2D eigenvalue weighted by Crippen LogP contribution is 2.41. The molecule has 19 heteroatoms. The molecule has 506 valence electrons. The van der Waals surface area contributed by atoms with Gasteiger partial charge in [0.05, 0.1) is 64.0 Å². The topological polar surface area (TPSA) is 219 Å². The summed E-state index contributed by atoms with van der Waals surface area (Å²) < 4.78 is 44.0. The molecule has 7 aromatic carbocycles. The van der Waals surface area contributed by atoms with Crippen molar-refractivity contribution in [2.75, 3.05) is 0 Å². The van der Waals surface area contributed by atoms with Gasteiger partial charge in [0.2, 0.25) is 0 Å². The summed E-state index contributed by atoms with van der Waals surface area (Å²) in [7, 11) is -4.58. The lowest BCUT2D eigenvalue weighted by atomic mass is 9.93. The summed E-state index contributed by atoms with van der Waals surface area (Å²) in [6.07, 6.45) is 21.7. The maximum atomic E-state index is 13.7. The summed E-state index contributed by atoms with van der Waals surface area (Å²) in [5.74, 6) is 0.241. The van der Waals surface area contributed by atoms with Gasteiger partial charge in [-0.2, -0.15) is 15.3 Å². The number of benzene rings is 7. The average molecular weight is 1370 g/mol. The maximum absolute atomic E-state index is 13.7. The van der Waals surface area contributed by atoms with Crippen molar-refractivity contribution >= 4 is 46.7 Å². The lowest BCUT2D eigenvalue weighted by Gasteiger charge is -2.13. The predicted molar refractivity (Wildman–Crippen MR) is 400 cm³/mol. The maximum Gasteiger partial charge on any atom is 0.471 e. The van der Waals surface area contributed by atoms with Crippen LogP contribution < -0.4 is 0 Å². The van der Waals surface area contributed by atoms with Crippen LogP contribution in [0.4, 0.5) is 8.78 Å². The minimum atomic E-state index is -4.58. The Kier molecular flexibility index (Phi) is 19.6. The molecule has 17 rings (SSSR count). The predicted octanol–water partition coefficient (Wildman–Crippen LogP) is 19.6. The Morgan fingerprint density at radius 3 is 1.57 bits per heavy atom. The number of halogens is 2. The van der Waals surface area contributed by atoms with Crippen LogP contribution in [-0.4, -0.2) is 71.1 Å². The van der Waals surface area contributed by atoms with Crippen LogP contribution in [0.3, 0.4) is 0 Å². The number of phosphoric ester groups is 1. The van der Waals surface area contributed by atoms with Gasteiger partial charge < -0.3 is 9.79 Å². The first-order valence-electron chi connectivity index (χ1n) is 33.6. The Hall–Kier alpha value is -11.7. The lowest BCUT2D eigenvalue weighted by Crippen LogP contribution is -2.01. The van der Waals surface area contributed by atoms with Crippen molar-refractivity contribution in [3.05, 3.63) is 288 Å². The van der Waals surface area contributed by atoms with Gasteiger partial charge in [-0.05, 0) is 213 Å². The molecule has 0 radical (unpaired) electrons. The monoisotopic (exact) mass is 1370 g/mol. The molecule has 0 bridgehead atoms. The van der Waals surface area contributed by atoms with Gasteiger partial charge >= 0.3 is 7.82 Å². The fraction of sp³-hybridized carbons (Fsp3) is 0.145. The number of aryl methyl sites for hydroxylation is 5. The minimum absolute atomic E-state index is 0.202. The standard InChI is InChI=1S/C23H21N3.C20H17FN3O4P.C20H16FN3.C20H17N3/c1-2-6-16(5-1)17-7-3-8-18(11-17)23-21(9-4-10-25-23)19-12-20-13-24-15-22(20)26-14-19;1-13-9-15(4-6-18(13)21)20-17(3-2-8-22-20)14-5-7-19-16(10-14)11-24(23-19)12-28-29(25,26)27;1-12-9-19-15(11-23-24-19)10-17(12)16-4-3-7-22-20(16)14-5-6-18(21)13(2)8-14;1-13-5-3-6-15(9-13)20-17(7-4-8-21-20)18-11-16-12-22-23-19(16)10-14(18)2/h3-4,7-14,16H,1-2,5-6,15H2;2-11H,12H2,1H3,(H2,25,26,27);3-11H,1-2H3,(H,23,24);3-12H,1-2H3,(H,22,23). The molecule has 0 amide bonds. The SMILES string of the molecule is C1=NCc2ncc(-c3cccnc3-c3cccc(C4CCCC4)c3)cc21.Cc1cc(-c2ncccc2-c2cc3cn[nH]c3cc2C)ccc1F.Cc1cc(-c2ncccc2-c2ccc3nn(COP(=O)(O)O)cc3c2)ccc1F.Cc1cccc(-c2ncccc2-c2cc3cn[nH]c3cc2C)c1. The van der Waals surface area contributed by atoms with E-state index >= 15 is 0 Å². The van der Waals surface area contributed by atoms with Gasteiger partial charge in [-0.3, -0.25) is 44.6 Å². The Bertz CT molecular complexity index is 5680. The molecule has 15 aromatic rings. The number of aromatic nitrogens is 11. The second kappa shape index (κ2) is 29.7. The number of hydrogen-bond donors (Lipinski definition) is 4. The molecule has 9 heterocycles. The number of hydrogen-bond acceptors (Lipinski definition) is 11. The van der Waals surface area contributed by atoms with Gasteiger partial charge in [-0.1, -0.05) is 85.1 Å². The van der Waals surface area contributed by atoms with Crippen molar-refractivity contribution in [3.63, 3.8) is 0 Å². The van der Waals surface area contributed by atoms with E-state index in [1.54, 1.807) is 50.6 Å². The van der Waals surface area contributed by atoms with Crippen molar-refractivity contribution in [1.82, 2.24) is 55.1 Å². The summed E-state index contributed by atoms with van der Waals surface area (Å²) in [4.78, 5) is 45.0. The Labute approximate surface area is 588 Å². The van der Waals surface area contributed by atoms with Crippen molar-refractivity contribution < 1.29 is 27.7 Å². The van der Waals surface area contributed by atoms with Crippen LogP contribution in [0.1, 0.15) is 76.2 Å². The second-order valence-corrected chi connectivity index (χ2v) is 26.9. The minimum Gasteiger partial charge on any atom is -0.303 e. The molecule has 8 aromatic heterocycles. The fourth-order valence-electron chi connectivity index (χ4n) is 13.4. The third-order valence-corrected chi connectivity index (χ3v) is 19.0. The highest BCUT2D eigenvalue weighted by molar-refractivity contribution is 7.46. The largest absolute Gasteiger partial charge is 0.471 e. The highest BCUT2D eigenvalue weighted by Gasteiger charge is 2.21. The van der Waals surface area contributed by atoms with E-state index in [1.165, 1.54) is 70.3 Å². The van der Waals surface area contributed by atoms with Gasteiger partial charge in [0.15, 0.2) is 6.73 Å². The molecule has 1 aliphatic heterocycles. The van der Waals surface area contributed by atoms with Crippen molar-refractivity contribution in [2.45, 2.75) is 79.5 Å². The molecule has 0 unspecified atom stereocenters. The number of rotatable bonds is 12. The first-order chi connectivity index (χ1) is 49.5. The molecule has 0 saturated heterocycles. The van der Waals surface area contributed by atoms with Crippen LogP contribution >= 0.6 is 7.82 Å². The summed E-state index contributed by atoms with van der Waals surface area (Å²) >= 11 is 0.